The zero-order valence-electron chi connectivity index (χ0n) is 20.1. The van der Waals surface area contributed by atoms with Crippen LogP contribution in [0.3, 0.4) is 0 Å². The first-order valence-electron chi connectivity index (χ1n) is 11.8. The van der Waals surface area contributed by atoms with Gasteiger partial charge in [0.1, 0.15) is 5.82 Å². The summed E-state index contributed by atoms with van der Waals surface area (Å²) in [6.45, 7) is 1.85. The summed E-state index contributed by atoms with van der Waals surface area (Å²) in [6.07, 6.45) is -3.91. The Kier molecular flexibility index (Phi) is 7.67. The van der Waals surface area contributed by atoms with Crippen LogP contribution in [0.25, 0.3) is 0 Å². The maximum Gasteiger partial charge on any atom is 0.416 e. The van der Waals surface area contributed by atoms with Crippen LogP contribution in [-0.2, 0) is 16.2 Å². The number of aliphatic hydroxyl groups excluding tert-OH is 1. The van der Waals surface area contributed by atoms with E-state index in [-0.39, 0.29) is 54.9 Å². The van der Waals surface area contributed by atoms with Gasteiger partial charge in [-0.15, -0.1) is 0 Å². The Morgan fingerprint density at radius 3 is 2.27 bits per heavy atom. The van der Waals surface area contributed by atoms with Gasteiger partial charge in [0.25, 0.3) is 5.91 Å². The van der Waals surface area contributed by atoms with Gasteiger partial charge in [-0.1, -0.05) is 0 Å². The van der Waals surface area contributed by atoms with Crippen molar-refractivity contribution in [2.45, 2.75) is 17.5 Å². The number of rotatable bonds is 6. The first-order chi connectivity index (χ1) is 17.4. The van der Waals surface area contributed by atoms with Crippen LogP contribution in [0, 0.1) is 11.7 Å². The summed E-state index contributed by atoms with van der Waals surface area (Å²) >= 11 is 0. The highest BCUT2D eigenvalue weighted by Gasteiger charge is 2.33. The number of sulfonamides is 1. The number of benzene rings is 2. The molecule has 2 N–H and O–H groups in total. The SMILES string of the molecule is CNS(=O)(=O)c1ccc(N2CCC(CO)C2)c(C(=O)N2CCN(c3ccc(C(F)(F)F)cc3F)CC2)c1. The number of anilines is 2. The Balaban J connectivity index is 1.55. The van der Waals surface area contributed by atoms with Gasteiger partial charge in [0.05, 0.1) is 21.7 Å². The number of nitrogens with zero attached hydrogens (tertiary/aromatic N) is 3. The molecule has 2 heterocycles. The second-order valence-corrected chi connectivity index (χ2v) is 11.0. The zero-order valence-corrected chi connectivity index (χ0v) is 20.9. The van der Waals surface area contributed by atoms with Crippen LogP contribution in [0.1, 0.15) is 22.3 Å². The standard InChI is InChI=1S/C24H28F4N4O4S/c1-29-37(35,36)18-3-5-21(32-7-6-16(14-32)15-33)19(13-18)23(34)31-10-8-30(9-11-31)22-4-2-17(12-20(22)25)24(26,27)28/h2-5,12-13,16,29,33H,6-11,14-15H2,1H3. The van der Waals surface area contributed by atoms with Gasteiger partial charge in [-0.3, -0.25) is 4.79 Å². The van der Waals surface area contributed by atoms with Crippen molar-refractivity contribution in [2.75, 3.05) is 62.7 Å². The van der Waals surface area contributed by atoms with Crippen molar-refractivity contribution >= 4 is 27.3 Å². The van der Waals surface area contributed by atoms with Crippen molar-refractivity contribution in [2.24, 2.45) is 5.92 Å². The van der Waals surface area contributed by atoms with Crippen LogP contribution in [0.15, 0.2) is 41.3 Å². The van der Waals surface area contributed by atoms with Crippen molar-refractivity contribution in [1.82, 2.24) is 9.62 Å². The van der Waals surface area contributed by atoms with E-state index in [9.17, 15) is 35.9 Å². The third-order valence-electron chi connectivity index (χ3n) is 6.84. The molecule has 2 aliphatic heterocycles. The fraction of sp³-hybridized carbons (Fsp3) is 0.458. The van der Waals surface area contributed by atoms with Gasteiger partial charge in [0, 0.05) is 57.5 Å². The van der Waals surface area contributed by atoms with Gasteiger partial charge in [0.2, 0.25) is 10.0 Å². The number of alkyl halides is 3. The van der Waals surface area contributed by atoms with Crippen LogP contribution in [-0.4, -0.2) is 77.3 Å². The largest absolute Gasteiger partial charge is 0.416 e. The van der Waals surface area contributed by atoms with Gasteiger partial charge >= 0.3 is 6.18 Å². The van der Waals surface area contributed by atoms with Gasteiger partial charge in [0.15, 0.2) is 0 Å². The Morgan fingerprint density at radius 2 is 1.70 bits per heavy atom. The number of piperazine rings is 1. The lowest BCUT2D eigenvalue weighted by Gasteiger charge is -2.37. The fourth-order valence-corrected chi connectivity index (χ4v) is 5.46. The maximum atomic E-state index is 14.5. The zero-order chi connectivity index (χ0) is 27.0. The van der Waals surface area contributed by atoms with Crippen molar-refractivity contribution in [3.8, 4) is 0 Å². The van der Waals surface area contributed by atoms with Gasteiger partial charge in [-0.25, -0.2) is 17.5 Å². The van der Waals surface area contributed by atoms with Crippen LogP contribution in [0.2, 0.25) is 0 Å². The summed E-state index contributed by atoms with van der Waals surface area (Å²) in [5.41, 5.74) is -0.289. The quantitative estimate of drug-likeness (QED) is 0.543. The van der Waals surface area contributed by atoms with Crippen molar-refractivity contribution in [1.29, 1.82) is 0 Å². The van der Waals surface area contributed by atoms with E-state index >= 15 is 0 Å². The van der Waals surface area contributed by atoms with E-state index in [2.05, 4.69) is 4.72 Å². The molecule has 1 unspecified atom stereocenters. The average molecular weight is 545 g/mol. The molecule has 0 bridgehead atoms. The van der Waals surface area contributed by atoms with Crippen molar-refractivity contribution in [3.05, 3.63) is 53.3 Å². The Labute approximate surface area is 212 Å². The Morgan fingerprint density at radius 1 is 1.03 bits per heavy atom. The normalized spacial score (nSPS) is 19.0. The monoisotopic (exact) mass is 544 g/mol. The summed E-state index contributed by atoms with van der Waals surface area (Å²) < 4.78 is 80.1. The Bertz CT molecular complexity index is 1260. The molecule has 1 amide bonds. The number of hydrogen-bond acceptors (Lipinski definition) is 6. The topological polar surface area (TPSA) is 93.2 Å². The molecule has 0 aliphatic carbocycles. The summed E-state index contributed by atoms with van der Waals surface area (Å²) in [4.78, 5) is 18.6. The number of carbonyl (C=O) groups excluding carboxylic acids is 1. The highest BCUT2D eigenvalue weighted by molar-refractivity contribution is 7.89. The first kappa shape index (κ1) is 27.1. The second kappa shape index (κ2) is 10.5. The smallest absolute Gasteiger partial charge is 0.396 e. The van der Waals surface area contributed by atoms with Crippen molar-refractivity contribution < 1.29 is 35.9 Å². The third kappa shape index (κ3) is 5.68. The minimum absolute atomic E-state index is 0.00840. The molecule has 2 aromatic carbocycles. The van der Waals surface area contributed by atoms with E-state index in [0.29, 0.717) is 24.8 Å². The number of halogens is 4. The molecular formula is C24H28F4N4O4S. The number of aliphatic hydroxyl groups is 1. The van der Waals surface area contributed by atoms with Gasteiger partial charge in [-0.05, 0) is 49.9 Å². The molecule has 0 radical (unpaired) electrons. The maximum absolute atomic E-state index is 14.5. The van der Waals surface area contributed by atoms with E-state index in [4.69, 9.17) is 0 Å². The van der Waals surface area contributed by atoms with Crippen LogP contribution < -0.4 is 14.5 Å². The molecule has 2 fully saturated rings. The van der Waals surface area contributed by atoms with Crippen molar-refractivity contribution in [3.63, 3.8) is 0 Å². The molecule has 13 heteroatoms. The summed E-state index contributed by atoms with van der Waals surface area (Å²) in [6, 6.07) is 6.72. The molecule has 1 atom stereocenters. The fourth-order valence-electron chi connectivity index (χ4n) is 4.71. The number of amides is 1. The highest BCUT2D eigenvalue weighted by atomic mass is 32.2. The first-order valence-corrected chi connectivity index (χ1v) is 13.3. The molecule has 0 saturated carbocycles. The number of hydrogen-bond donors (Lipinski definition) is 2. The molecule has 202 valence electrons. The molecule has 8 nitrogen and oxygen atoms in total. The minimum Gasteiger partial charge on any atom is -0.396 e. The number of nitrogens with one attached hydrogen (secondary N) is 1. The predicted molar refractivity (Wildman–Crippen MR) is 130 cm³/mol. The van der Waals surface area contributed by atoms with E-state index in [1.165, 1.54) is 24.1 Å². The van der Waals surface area contributed by atoms with Gasteiger partial charge in [-0.2, -0.15) is 13.2 Å². The van der Waals surface area contributed by atoms with E-state index in [0.717, 1.165) is 18.6 Å². The van der Waals surface area contributed by atoms with Crippen LogP contribution in [0.5, 0.6) is 0 Å². The minimum atomic E-state index is -4.65. The molecule has 0 spiro atoms. The van der Waals surface area contributed by atoms with Crippen LogP contribution in [0.4, 0.5) is 28.9 Å². The van der Waals surface area contributed by atoms with E-state index in [1.54, 1.807) is 11.0 Å². The molecule has 37 heavy (non-hydrogen) atoms. The van der Waals surface area contributed by atoms with Gasteiger partial charge < -0.3 is 19.8 Å². The molecular weight excluding hydrogens is 516 g/mol. The predicted octanol–water partition coefficient (Wildman–Crippen LogP) is 2.53. The Hall–Kier alpha value is -2.90. The third-order valence-corrected chi connectivity index (χ3v) is 8.26. The van der Waals surface area contributed by atoms with E-state index < -0.39 is 33.5 Å². The lowest BCUT2D eigenvalue weighted by atomic mass is 10.1. The summed E-state index contributed by atoms with van der Waals surface area (Å²) in [5.74, 6) is -1.34. The highest BCUT2D eigenvalue weighted by Crippen LogP contribution is 2.33. The molecule has 2 saturated heterocycles. The molecule has 4 rings (SSSR count). The average Bonchev–Trinajstić information content (AvgIpc) is 3.37. The van der Waals surface area contributed by atoms with Crippen LogP contribution >= 0.6 is 0 Å². The summed E-state index contributed by atoms with van der Waals surface area (Å²) in [5, 5.41) is 9.51. The summed E-state index contributed by atoms with van der Waals surface area (Å²) in [7, 11) is -2.54. The lowest BCUT2D eigenvalue weighted by molar-refractivity contribution is -0.137. The number of carbonyl (C=O) groups is 1. The van der Waals surface area contributed by atoms with E-state index in [1.807, 2.05) is 4.90 Å². The molecule has 2 aromatic rings. The molecule has 0 aromatic heterocycles. The second-order valence-electron chi connectivity index (χ2n) is 9.11. The molecule has 2 aliphatic rings. The lowest BCUT2D eigenvalue weighted by Crippen LogP contribution is -2.49.